The minimum atomic E-state index is -0.585. The monoisotopic (exact) mass is 296 g/mol. The van der Waals surface area contributed by atoms with Gasteiger partial charge < -0.3 is 15.2 Å². The van der Waals surface area contributed by atoms with E-state index in [2.05, 4.69) is 5.32 Å². The highest BCUT2D eigenvalue weighted by Crippen LogP contribution is 2.27. The second-order valence-electron chi connectivity index (χ2n) is 6.02. The number of benzene rings is 2. The highest BCUT2D eigenvalue weighted by Gasteiger charge is 2.36. The summed E-state index contributed by atoms with van der Waals surface area (Å²) in [5, 5.41) is 15.6. The molecule has 1 N–H and O–H groups in total. The van der Waals surface area contributed by atoms with E-state index >= 15 is 0 Å². The van der Waals surface area contributed by atoms with Crippen LogP contribution in [0.3, 0.4) is 0 Å². The standard InChI is InChI=1S/C18H20N2O2/c1-20(22)13-16-10-6-5-9-15(16)11-17(20)18(21)19-12-14-7-3-2-4-8-14/h2-10,17H,11-13H2,1H3,(H,19,21)/t17-,20-/m0/s1. The summed E-state index contributed by atoms with van der Waals surface area (Å²) in [5.74, 6) is -0.171. The van der Waals surface area contributed by atoms with Crippen LogP contribution in [0, 0.1) is 5.21 Å². The molecule has 2 atom stereocenters. The molecule has 4 heteroatoms. The lowest BCUT2D eigenvalue weighted by Crippen LogP contribution is -2.57. The predicted molar refractivity (Wildman–Crippen MR) is 85.5 cm³/mol. The van der Waals surface area contributed by atoms with Gasteiger partial charge in [-0.25, -0.2) is 0 Å². The van der Waals surface area contributed by atoms with Gasteiger partial charge in [0.05, 0.1) is 7.05 Å². The maximum Gasteiger partial charge on any atom is 0.279 e. The number of quaternary nitrogens is 1. The number of nitrogens with one attached hydrogen (secondary N) is 1. The quantitative estimate of drug-likeness (QED) is 0.698. The van der Waals surface area contributed by atoms with Crippen molar-refractivity contribution in [1.29, 1.82) is 0 Å². The van der Waals surface area contributed by atoms with Crippen LogP contribution >= 0.6 is 0 Å². The van der Waals surface area contributed by atoms with Crippen molar-refractivity contribution in [2.45, 2.75) is 25.6 Å². The van der Waals surface area contributed by atoms with Crippen molar-refractivity contribution in [2.24, 2.45) is 0 Å². The Morgan fingerprint density at radius 3 is 2.50 bits per heavy atom. The van der Waals surface area contributed by atoms with E-state index in [4.69, 9.17) is 0 Å². The Kier molecular flexibility index (Phi) is 3.96. The molecule has 1 heterocycles. The zero-order chi connectivity index (χ0) is 15.6. The second kappa shape index (κ2) is 5.91. The minimum absolute atomic E-state index is 0.171. The van der Waals surface area contributed by atoms with Crippen LogP contribution in [0.25, 0.3) is 0 Å². The fraction of sp³-hybridized carbons (Fsp3) is 0.278. The second-order valence-corrected chi connectivity index (χ2v) is 6.02. The SMILES string of the molecule is C[N@+]1([O-])Cc2ccccc2C[C@H]1C(=O)NCc1ccccc1. The zero-order valence-corrected chi connectivity index (χ0v) is 12.7. The summed E-state index contributed by atoms with van der Waals surface area (Å²) < 4.78 is -0.544. The van der Waals surface area contributed by atoms with Crippen molar-refractivity contribution in [3.63, 3.8) is 0 Å². The number of nitrogens with zero attached hydrogens (tertiary/aromatic N) is 1. The molecule has 1 amide bonds. The number of amides is 1. The third-order valence-corrected chi connectivity index (χ3v) is 4.29. The first kappa shape index (κ1) is 14.8. The van der Waals surface area contributed by atoms with Gasteiger partial charge in [-0.05, 0) is 11.1 Å². The van der Waals surface area contributed by atoms with Crippen molar-refractivity contribution >= 4 is 5.91 Å². The van der Waals surface area contributed by atoms with Gasteiger partial charge >= 0.3 is 0 Å². The molecule has 3 rings (SSSR count). The van der Waals surface area contributed by atoms with Crippen LogP contribution in [0.4, 0.5) is 0 Å². The van der Waals surface area contributed by atoms with Crippen LogP contribution in [0.15, 0.2) is 54.6 Å². The lowest BCUT2D eigenvalue weighted by molar-refractivity contribution is -0.892. The normalized spacial score (nSPS) is 23.6. The summed E-state index contributed by atoms with van der Waals surface area (Å²) in [5.41, 5.74) is 3.19. The molecule has 0 aliphatic carbocycles. The topological polar surface area (TPSA) is 52.2 Å². The van der Waals surface area contributed by atoms with Gasteiger partial charge in [-0.15, -0.1) is 0 Å². The number of hydrogen-bond donors (Lipinski definition) is 1. The maximum absolute atomic E-state index is 12.7. The fourth-order valence-corrected chi connectivity index (χ4v) is 3.00. The van der Waals surface area contributed by atoms with Gasteiger partial charge in [0.2, 0.25) is 0 Å². The van der Waals surface area contributed by atoms with E-state index in [0.29, 0.717) is 19.5 Å². The summed E-state index contributed by atoms with van der Waals surface area (Å²) in [6.07, 6.45) is 0.497. The first-order valence-electron chi connectivity index (χ1n) is 7.51. The van der Waals surface area contributed by atoms with Gasteiger partial charge in [-0.2, -0.15) is 0 Å². The Labute approximate surface area is 130 Å². The van der Waals surface area contributed by atoms with Crippen molar-refractivity contribution in [3.05, 3.63) is 76.5 Å². The average molecular weight is 296 g/mol. The molecule has 0 fully saturated rings. The number of hydrogen-bond acceptors (Lipinski definition) is 2. The zero-order valence-electron chi connectivity index (χ0n) is 12.7. The molecule has 22 heavy (non-hydrogen) atoms. The molecule has 0 saturated heterocycles. The summed E-state index contributed by atoms with van der Waals surface area (Å²) in [7, 11) is 1.59. The van der Waals surface area contributed by atoms with Gasteiger partial charge in [0, 0.05) is 18.5 Å². The van der Waals surface area contributed by atoms with Crippen LogP contribution in [0.1, 0.15) is 16.7 Å². The van der Waals surface area contributed by atoms with Gasteiger partial charge in [0.15, 0.2) is 6.04 Å². The minimum Gasteiger partial charge on any atom is -0.632 e. The summed E-state index contributed by atoms with van der Waals surface area (Å²) in [4.78, 5) is 12.5. The highest BCUT2D eigenvalue weighted by molar-refractivity contribution is 5.81. The molecule has 1 aliphatic rings. The number of carbonyl (C=O) groups is 1. The van der Waals surface area contributed by atoms with Crippen molar-refractivity contribution in [1.82, 2.24) is 5.32 Å². The van der Waals surface area contributed by atoms with Crippen molar-refractivity contribution < 1.29 is 9.44 Å². The predicted octanol–water partition coefficient (Wildman–Crippen LogP) is 2.37. The molecule has 0 bridgehead atoms. The number of rotatable bonds is 3. The smallest absolute Gasteiger partial charge is 0.279 e. The summed E-state index contributed by atoms with van der Waals surface area (Å²) in [6, 6.07) is 17.0. The van der Waals surface area contributed by atoms with Crippen LogP contribution < -0.4 is 5.32 Å². The lowest BCUT2D eigenvalue weighted by atomic mass is 9.93. The number of carbonyl (C=O) groups excluding carboxylic acids is 1. The number of likely N-dealkylation sites (N-methyl/N-ethyl adjacent to an activating group) is 1. The van der Waals surface area contributed by atoms with E-state index in [-0.39, 0.29) is 5.91 Å². The van der Waals surface area contributed by atoms with Crippen LogP contribution in [0.5, 0.6) is 0 Å². The molecule has 0 radical (unpaired) electrons. The third-order valence-electron chi connectivity index (χ3n) is 4.29. The Hall–Kier alpha value is -2.17. The first-order valence-corrected chi connectivity index (χ1v) is 7.51. The molecule has 0 spiro atoms. The molecule has 114 valence electrons. The Morgan fingerprint density at radius 1 is 1.14 bits per heavy atom. The van der Waals surface area contributed by atoms with Crippen LogP contribution in [-0.4, -0.2) is 23.6 Å². The van der Waals surface area contributed by atoms with Crippen molar-refractivity contribution in [2.75, 3.05) is 7.05 Å². The van der Waals surface area contributed by atoms with E-state index in [9.17, 15) is 10.0 Å². The molecule has 2 aromatic rings. The van der Waals surface area contributed by atoms with E-state index in [0.717, 1.165) is 16.7 Å². The molecule has 1 aliphatic heterocycles. The first-order chi connectivity index (χ1) is 10.6. The van der Waals surface area contributed by atoms with Crippen molar-refractivity contribution in [3.8, 4) is 0 Å². The van der Waals surface area contributed by atoms with Gasteiger partial charge in [-0.1, -0.05) is 54.6 Å². The molecule has 0 saturated carbocycles. The number of hydroxylamine groups is 3. The molecule has 2 aromatic carbocycles. The Morgan fingerprint density at radius 2 is 1.77 bits per heavy atom. The van der Waals surface area contributed by atoms with Gasteiger partial charge in [0.25, 0.3) is 5.91 Å². The average Bonchev–Trinajstić information content (AvgIpc) is 2.52. The van der Waals surface area contributed by atoms with E-state index < -0.39 is 10.7 Å². The van der Waals surface area contributed by atoms with E-state index in [1.165, 1.54) is 0 Å². The Bertz CT molecular complexity index is 668. The lowest BCUT2D eigenvalue weighted by Gasteiger charge is -2.47. The Balaban J connectivity index is 1.72. The maximum atomic E-state index is 12.7. The molecular formula is C18H20N2O2. The van der Waals surface area contributed by atoms with Crippen LogP contribution in [-0.2, 0) is 24.3 Å². The fourth-order valence-electron chi connectivity index (χ4n) is 3.00. The molecule has 4 nitrogen and oxygen atoms in total. The summed E-state index contributed by atoms with van der Waals surface area (Å²) >= 11 is 0. The number of fused-ring (bicyclic) bond motifs is 1. The third kappa shape index (κ3) is 3.03. The van der Waals surface area contributed by atoms with E-state index in [1.807, 2.05) is 54.6 Å². The van der Waals surface area contributed by atoms with Crippen LogP contribution in [0.2, 0.25) is 0 Å². The molecular weight excluding hydrogens is 276 g/mol. The van der Waals surface area contributed by atoms with Gasteiger partial charge in [0.1, 0.15) is 6.54 Å². The summed E-state index contributed by atoms with van der Waals surface area (Å²) in [6.45, 7) is 0.803. The molecule has 0 unspecified atom stereocenters. The van der Waals surface area contributed by atoms with E-state index in [1.54, 1.807) is 7.05 Å². The highest BCUT2D eigenvalue weighted by atomic mass is 16.5. The largest absolute Gasteiger partial charge is 0.632 e. The van der Waals surface area contributed by atoms with Gasteiger partial charge in [-0.3, -0.25) is 4.79 Å². The molecule has 0 aromatic heterocycles.